The molecule has 0 N–H and O–H groups in total. The van der Waals surface area contributed by atoms with Gasteiger partial charge in [-0.05, 0) is 56.7 Å². The molecule has 2 fully saturated rings. The predicted molar refractivity (Wildman–Crippen MR) is 107 cm³/mol. The zero-order chi connectivity index (χ0) is 19.6. The molecule has 0 aromatic carbocycles. The molecular weight excluding hydrogens is 374 g/mol. The predicted octanol–water partition coefficient (Wildman–Crippen LogP) is 3.87. The number of rotatable bonds is 9. The molecule has 4 rings (SSSR count). The molecule has 2 aromatic heterocycles. The molecular formula is C21H31N3O3S. The van der Waals surface area contributed by atoms with Crippen LogP contribution in [0, 0.1) is 11.8 Å². The van der Waals surface area contributed by atoms with Gasteiger partial charge in [0.25, 0.3) is 0 Å². The lowest BCUT2D eigenvalue weighted by atomic mass is 9.89. The summed E-state index contributed by atoms with van der Waals surface area (Å²) < 4.78 is 33.4. The zero-order valence-corrected chi connectivity index (χ0v) is 17.5. The maximum atomic E-state index is 13.0. The van der Waals surface area contributed by atoms with Gasteiger partial charge in [-0.3, -0.25) is 4.90 Å². The minimum absolute atomic E-state index is 0.246. The van der Waals surface area contributed by atoms with Gasteiger partial charge in [-0.25, -0.2) is 13.4 Å². The van der Waals surface area contributed by atoms with Crippen LogP contribution in [0.25, 0.3) is 0 Å². The summed E-state index contributed by atoms with van der Waals surface area (Å²) in [6.07, 6.45) is 11.7. The third-order valence-corrected chi connectivity index (χ3v) is 7.73. The van der Waals surface area contributed by atoms with Crippen molar-refractivity contribution in [3.05, 3.63) is 36.0 Å². The molecule has 2 aromatic rings. The Kier molecular flexibility index (Phi) is 5.92. The van der Waals surface area contributed by atoms with Crippen LogP contribution in [0.5, 0.6) is 0 Å². The first-order valence-corrected chi connectivity index (χ1v) is 12.1. The molecule has 0 atom stereocenters. The monoisotopic (exact) mass is 405 g/mol. The average Bonchev–Trinajstić information content (AvgIpc) is 3.14. The molecule has 6 nitrogen and oxygen atoms in total. The van der Waals surface area contributed by atoms with Crippen molar-refractivity contribution in [1.29, 1.82) is 0 Å². The van der Waals surface area contributed by atoms with Crippen LogP contribution in [0.3, 0.4) is 0 Å². The molecule has 0 saturated heterocycles. The Morgan fingerprint density at radius 2 is 1.93 bits per heavy atom. The van der Waals surface area contributed by atoms with Crippen molar-refractivity contribution in [3.63, 3.8) is 0 Å². The number of aromatic nitrogens is 2. The topological polar surface area (TPSA) is 68.3 Å². The second-order valence-corrected chi connectivity index (χ2v) is 10.6. The van der Waals surface area contributed by atoms with Gasteiger partial charge in [-0.15, -0.1) is 0 Å². The highest BCUT2D eigenvalue weighted by Gasteiger charge is 2.33. The van der Waals surface area contributed by atoms with Crippen LogP contribution >= 0.6 is 0 Å². The fraction of sp³-hybridized carbons (Fsp3) is 0.667. The molecule has 2 saturated carbocycles. The van der Waals surface area contributed by atoms with Gasteiger partial charge < -0.3 is 8.98 Å². The molecule has 28 heavy (non-hydrogen) atoms. The van der Waals surface area contributed by atoms with E-state index in [1.54, 1.807) is 12.5 Å². The highest BCUT2D eigenvalue weighted by molar-refractivity contribution is 7.91. The van der Waals surface area contributed by atoms with Gasteiger partial charge in [-0.1, -0.05) is 19.3 Å². The Labute approximate surface area is 167 Å². The van der Waals surface area contributed by atoms with Gasteiger partial charge in [0.15, 0.2) is 0 Å². The molecule has 2 aliphatic carbocycles. The summed E-state index contributed by atoms with van der Waals surface area (Å²) in [4.78, 5) is 6.55. The first kappa shape index (κ1) is 19.7. The van der Waals surface area contributed by atoms with E-state index >= 15 is 0 Å². The molecule has 0 radical (unpaired) electrons. The number of sulfone groups is 1. The molecule has 154 valence electrons. The van der Waals surface area contributed by atoms with E-state index in [1.807, 2.05) is 23.7 Å². The number of hydrogen-bond acceptors (Lipinski definition) is 5. The summed E-state index contributed by atoms with van der Waals surface area (Å²) in [5.41, 5.74) is 0.981. The number of furan rings is 1. The van der Waals surface area contributed by atoms with Crippen molar-refractivity contribution >= 4 is 9.84 Å². The van der Waals surface area contributed by atoms with Crippen LogP contribution in [0.15, 0.2) is 34.2 Å². The number of nitrogens with zero attached hydrogens (tertiary/aromatic N) is 3. The SMILES string of the molecule is CN(Cc1ccco1)Cc1cnc(S(=O)(=O)CC2CC2)n1CC1CCCCC1. The summed E-state index contributed by atoms with van der Waals surface area (Å²) in [5.74, 6) is 2.03. The van der Waals surface area contributed by atoms with Gasteiger partial charge >= 0.3 is 0 Å². The van der Waals surface area contributed by atoms with Crippen molar-refractivity contribution in [3.8, 4) is 0 Å². The van der Waals surface area contributed by atoms with Gasteiger partial charge in [0.05, 0.1) is 30.5 Å². The van der Waals surface area contributed by atoms with E-state index in [1.165, 1.54) is 32.1 Å². The van der Waals surface area contributed by atoms with Crippen molar-refractivity contribution in [1.82, 2.24) is 14.5 Å². The highest BCUT2D eigenvalue weighted by Crippen LogP contribution is 2.33. The largest absolute Gasteiger partial charge is 0.468 e. The van der Waals surface area contributed by atoms with E-state index in [0.29, 0.717) is 24.9 Å². The first-order chi connectivity index (χ1) is 13.5. The molecule has 2 aliphatic rings. The third-order valence-electron chi connectivity index (χ3n) is 5.94. The smallest absolute Gasteiger partial charge is 0.227 e. The first-order valence-electron chi connectivity index (χ1n) is 10.5. The third kappa shape index (κ3) is 4.87. The quantitative estimate of drug-likeness (QED) is 0.633. The Bertz CT molecular complexity index is 863. The Morgan fingerprint density at radius 1 is 1.14 bits per heavy atom. The van der Waals surface area contributed by atoms with E-state index in [9.17, 15) is 8.42 Å². The van der Waals surface area contributed by atoms with Crippen molar-refractivity contribution in [2.24, 2.45) is 11.8 Å². The zero-order valence-electron chi connectivity index (χ0n) is 16.7. The fourth-order valence-electron chi connectivity index (χ4n) is 4.26. The Balaban J connectivity index is 1.55. The molecule has 0 aliphatic heterocycles. The molecule has 2 heterocycles. The highest BCUT2D eigenvalue weighted by atomic mass is 32.2. The normalized spacial score (nSPS) is 18.8. The van der Waals surface area contributed by atoms with Gasteiger partial charge in [-0.2, -0.15) is 0 Å². The van der Waals surface area contributed by atoms with Crippen LogP contribution in [-0.4, -0.2) is 35.7 Å². The second kappa shape index (κ2) is 8.41. The average molecular weight is 406 g/mol. The molecule has 0 amide bonds. The van der Waals surface area contributed by atoms with E-state index in [4.69, 9.17) is 4.42 Å². The summed E-state index contributed by atoms with van der Waals surface area (Å²) >= 11 is 0. The van der Waals surface area contributed by atoms with Crippen LogP contribution < -0.4 is 0 Å². The van der Waals surface area contributed by atoms with Crippen LogP contribution in [-0.2, 0) is 29.5 Å². The summed E-state index contributed by atoms with van der Waals surface area (Å²) in [6, 6.07) is 3.85. The standard InChI is InChI=1S/C21H31N3O3S/c1-23(15-20-8-5-11-27-20)14-19-12-22-21(28(25,26)16-18-9-10-18)24(19)13-17-6-3-2-4-7-17/h5,8,11-12,17-18H,2-4,6-7,9-10,13-16H2,1H3. The minimum Gasteiger partial charge on any atom is -0.468 e. The Hall–Kier alpha value is -1.60. The van der Waals surface area contributed by atoms with E-state index in [2.05, 4.69) is 9.88 Å². The molecule has 0 unspecified atom stereocenters. The fourth-order valence-corrected chi connectivity index (χ4v) is 6.10. The van der Waals surface area contributed by atoms with Crippen molar-refractivity contribution < 1.29 is 12.8 Å². The van der Waals surface area contributed by atoms with Gasteiger partial charge in [0.2, 0.25) is 15.0 Å². The van der Waals surface area contributed by atoms with Crippen molar-refractivity contribution in [2.45, 2.75) is 69.7 Å². The summed E-state index contributed by atoms with van der Waals surface area (Å²) in [7, 11) is -1.30. The molecule has 7 heteroatoms. The maximum Gasteiger partial charge on any atom is 0.227 e. The van der Waals surface area contributed by atoms with Crippen LogP contribution in [0.2, 0.25) is 0 Å². The second-order valence-electron chi connectivity index (χ2n) is 8.62. The van der Waals surface area contributed by atoms with Gasteiger partial charge in [0, 0.05) is 13.1 Å². The summed E-state index contributed by atoms with van der Waals surface area (Å²) in [6.45, 7) is 2.11. The number of imidazole rings is 1. The van der Waals surface area contributed by atoms with E-state index in [0.717, 1.165) is 30.8 Å². The van der Waals surface area contributed by atoms with Crippen molar-refractivity contribution in [2.75, 3.05) is 12.8 Å². The van der Waals surface area contributed by atoms with E-state index in [-0.39, 0.29) is 10.9 Å². The molecule has 0 spiro atoms. The number of hydrogen-bond donors (Lipinski definition) is 0. The lowest BCUT2D eigenvalue weighted by Crippen LogP contribution is -2.24. The van der Waals surface area contributed by atoms with Crippen LogP contribution in [0.1, 0.15) is 56.4 Å². The maximum absolute atomic E-state index is 13.0. The van der Waals surface area contributed by atoms with Crippen LogP contribution in [0.4, 0.5) is 0 Å². The van der Waals surface area contributed by atoms with E-state index < -0.39 is 9.84 Å². The van der Waals surface area contributed by atoms with Gasteiger partial charge in [0.1, 0.15) is 5.76 Å². The lowest BCUT2D eigenvalue weighted by molar-refractivity contribution is 0.267. The molecule has 0 bridgehead atoms. The lowest BCUT2D eigenvalue weighted by Gasteiger charge is -2.25. The minimum atomic E-state index is -3.33. The Morgan fingerprint density at radius 3 is 2.61 bits per heavy atom. The summed E-state index contributed by atoms with van der Waals surface area (Å²) in [5, 5.41) is 0.284.